The maximum atomic E-state index is 11.7. The summed E-state index contributed by atoms with van der Waals surface area (Å²) < 4.78 is 5.29. The van der Waals surface area contributed by atoms with Crippen LogP contribution in [0, 0.1) is 0 Å². The van der Waals surface area contributed by atoms with E-state index in [1.165, 1.54) is 7.11 Å². The van der Waals surface area contributed by atoms with Crippen molar-refractivity contribution in [2.24, 2.45) is 0 Å². The Bertz CT molecular complexity index is 438. The second-order valence-electron chi connectivity index (χ2n) is 3.21. The van der Waals surface area contributed by atoms with Gasteiger partial charge in [0.15, 0.2) is 5.78 Å². The molecule has 1 rings (SSSR count). The highest BCUT2D eigenvalue weighted by Gasteiger charge is 2.13. The number of rotatable bonds is 4. The molecule has 0 saturated carbocycles. The van der Waals surface area contributed by atoms with Gasteiger partial charge in [-0.3, -0.25) is 4.79 Å². The second kappa shape index (κ2) is 5.61. The summed E-state index contributed by atoms with van der Waals surface area (Å²) in [6, 6.07) is 6.98. The Hall–Kier alpha value is -1.42. The first kappa shape index (κ1) is 12.6. The van der Waals surface area contributed by atoms with Crippen LogP contribution < -0.4 is 0 Å². The van der Waals surface area contributed by atoms with E-state index in [9.17, 15) is 9.59 Å². The lowest BCUT2D eigenvalue weighted by Crippen LogP contribution is -2.09. The van der Waals surface area contributed by atoms with Gasteiger partial charge in [-0.05, 0) is 12.1 Å². The molecule has 3 nitrogen and oxygen atoms in total. The number of ketones is 1. The van der Waals surface area contributed by atoms with Gasteiger partial charge in [-0.2, -0.15) is 0 Å². The Morgan fingerprint density at radius 3 is 2.69 bits per heavy atom. The Kier molecular flexibility index (Phi) is 4.43. The van der Waals surface area contributed by atoms with Gasteiger partial charge in [0.2, 0.25) is 0 Å². The monoisotopic (exact) mass is 282 g/mol. The first-order valence-corrected chi connectivity index (χ1v) is 5.38. The van der Waals surface area contributed by atoms with Crippen molar-refractivity contribution in [1.29, 1.82) is 0 Å². The third-order valence-corrected chi connectivity index (χ3v) is 2.49. The molecule has 1 aromatic rings. The van der Waals surface area contributed by atoms with Crippen molar-refractivity contribution in [2.45, 2.75) is 6.42 Å². The summed E-state index contributed by atoms with van der Waals surface area (Å²) >= 11 is 3.27. The predicted octanol–water partition coefficient (Wildman–Crippen LogP) is 2.75. The van der Waals surface area contributed by atoms with E-state index >= 15 is 0 Å². The number of halogens is 1. The van der Waals surface area contributed by atoms with Gasteiger partial charge in [0.1, 0.15) is 0 Å². The number of methoxy groups -OCH3 is 1. The maximum absolute atomic E-state index is 11.7. The van der Waals surface area contributed by atoms with Crippen molar-refractivity contribution in [2.75, 3.05) is 7.11 Å². The van der Waals surface area contributed by atoms with Gasteiger partial charge in [-0.1, -0.05) is 34.6 Å². The number of ether oxygens (including phenoxy) is 1. The van der Waals surface area contributed by atoms with Crippen LogP contribution in [0.15, 0.2) is 40.9 Å². The fraction of sp³-hybridized carbons (Fsp3) is 0.167. The van der Waals surface area contributed by atoms with E-state index in [0.29, 0.717) is 5.56 Å². The largest absolute Gasteiger partial charge is 0.466 e. The molecule has 0 aliphatic heterocycles. The van der Waals surface area contributed by atoms with Crippen LogP contribution in [-0.4, -0.2) is 18.9 Å². The number of benzene rings is 1. The molecule has 0 N–H and O–H groups in total. The zero-order valence-corrected chi connectivity index (χ0v) is 10.4. The van der Waals surface area contributed by atoms with E-state index in [4.69, 9.17) is 0 Å². The molecule has 0 amide bonds. The van der Waals surface area contributed by atoms with Crippen molar-refractivity contribution in [3.05, 3.63) is 46.5 Å². The first-order chi connectivity index (χ1) is 7.54. The quantitative estimate of drug-likeness (QED) is 0.485. The predicted molar refractivity (Wildman–Crippen MR) is 64.2 cm³/mol. The van der Waals surface area contributed by atoms with Gasteiger partial charge in [0.25, 0.3) is 0 Å². The summed E-state index contributed by atoms with van der Waals surface area (Å²) in [5.41, 5.74) is 0.701. The molecule has 0 spiro atoms. The molecule has 4 heteroatoms. The van der Waals surface area contributed by atoms with Gasteiger partial charge < -0.3 is 4.74 Å². The van der Waals surface area contributed by atoms with E-state index in [0.717, 1.165) is 4.47 Å². The number of hydrogen-bond donors (Lipinski definition) is 0. The summed E-state index contributed by atoms with van der Waals surface area (Å²) in [6.07, 6.45) is -0.0247. The lowest BCUT2D eigenvalue weighted by molar-refractivity contribution is -0.136. The van der Waals surface area contributed by atoms with Crippen LogP contribution in [0.5, 0.6) is 0 Å². The highest BCUT2D eigenvalue weighted by Crippen LogP contribution is 2.15. The number of hydrogen-bond acceptors (Lipinski definition) is 3. The minimum Gasteiger partial charge on any atom is -0.466 e. The smallest absolute Gasteiger partial charge is 0.333 e. The fourth-order valence-corrected chi connectivity index (χ4v) is 1.57. The molecule has 0 aliphatic carbocycles. The molecule has 0 atom stereocenters. The number of esters is 1. The Balaban J connectivity index is 2.73. The van der Waals surface area contributed by atoms with Gasteiger partial charge >= 0.3 is 5.97 Å². The van der Waals surface area contributed by atoms with Crippen molar-refractivity contribution in [1.82, 2.24) is 0 Å². The van der Waals surface area contributed by atoms with Crippen molar-refractivity contribution < 1.29 is 14.3 Å². The maximum Gasteiger partial charge on any atom is 0.333 e. The normalized spacial score (nSPS) is 9.62. The standard InChI is InChI=1S/C12H11BrO3/c1-8(12(15)16-2)6-11(14)9-4-3-5-10(13)7-9/h3-5,7H,1,6H2,2H3. The highest BCUT2D eigenvalue weighted by atomic mass is 79.9. The summed E-state index contributed by atoms with van der Waals surface area (Å²) in [5, 5.41) is 0. The summed E-state index contributed by atoms with van der Waals surface area (Å²) in [5.74, 6) is -0.708. The van der Waals surface area contributed by atoms with Crippen LogP contribution in [0.3, 0.4) is 0 Å². The molecule has 0 saturated heterocycles. The average molecular weight is 283 g/mol. The minimum absolute atomic E-state index is 0.0247. The number of carbonyl (C=O) groups excluding carboxylic acids is 2. The lowest BCUT2D eigenvalue weighted by Gasteiger charge is -2.03. The van der Waals surface area contributed by atoms with Crippen molar-refractivity contribution in [3.63, 3.8) is 0 Å². The average Bonchev–Trinajstić information content (AvgIpc) is 2.27. The molecule has 1 aromatic carbocycles. The van der Waals surface area contributed by atoms with Gasteiger partial charge in [0.05, 0.1) is 7.11 Å². The fourth-order valence-electron chi connectivity index (χ4n) is 1.17. The first-order valence-electron chi connectivity index (χ1n) is 4.59. The molecular weight excluding hydrogens is 272 g/mol. The van der Waals surface area contributed by atoms with Crippen molar-refractivity contribution in [3.8, 4) is 0 Å². The summed E-state index contributed by atoms with van der Waals surface area (Å²) in [7, 11) is 1.26. The molecule has 0 radical (unpaired) electrons. The van der Waals surface area contributed by atoms with E-state index < -0.39 is 5.97 Å². The number of Topliss-reactive ketones (excluding diaryl/α,β-unsaturated/α-hetero) is 1. The molecule has 0 heterocycles. The molecular formula is C12H11BrO3. The SMILES string of the molecule is C=C(CC(=O)c1cccc(Br)c1)C(=O)OC. The molecule has 84 valence electrons. The zero-order chi connectivity index (χ0) is 12.1. The molecule has 0 aliphatic rings. The Morgan fingerprint density at radius 2 is 2.12 bits per heavy atom. The Labute approximate surface area is 102 Å². The molecule has 0 unspecified atom stereocenters. The van der Waals surface area contributed by atoms with Gasteiger partial charge in [0, 0.05) is 22.0 Å². The third-order valence-electron chi connectivity index (χ3n) is 1.99. The molecule has 16 heavy (non-hydrogen) atoms. The van der Waals surface area contributed by atoms with Crippen LogP contribution in [0.25, 0.3) is 0 Å². The van der Waals surface area contributed by atoms with Crippen LogP contribution in [0.2, 0.25) is 0 Å². The van der Waals surface area contributed by atoms with Crippen LogP contribution >= 0.6 is 15.9 Å². The van der Waals surface area contributed by atoms with Crippen LogP contribution in [-0.2, 0) is 9.53 Å². The zero-order valence-electron chi connectivity index (χ0n) is 8.83. The Morgan fingerprint density at radius 1 is 1.44 bits per heavy atom. The minimum atomic E-state index is -0.552. The van der Waals surface area contributed by atoms with E-state index in [1.54, 1.807) is 18.2 Å². The van der Waals surface area contributed by atoms with Crippen LogP contribution in [0.4, 0.5) is 0 Å². The van der Waals surface area contributed by atoms with Crippen molar-refractivity contribution >= 4 is 27.7 Å². The second-order valence-corrected chi connectivity index (χ2v) is 4.12. The van der Waals surface area contributed by atoms with Gasteiger partial charge in [-0.15, -0.1) is 0 Å². The van der Waals surface area contributed by atoms with Crippen LogP contribution in [0.1, 0.15) is 16.8 Å². The highest BCUT2D eigenvalue weighted by molar-refractivity contribution is 9.10. The van der Waals surface area contributed by atoms with E-state index in [2.05, 4.69) is 27.2 Å². The lowest BCUT2D eigenvalue weighted by atomic mass is 10.0. The summed E-state index contributed by atoms with van der Waals surface area (Å²) in [6.45, 7) is 3.51. The topological polar surface area (TPSA) is 43.4 Å². The summed E-state index contributed by atoms with van der Waals surface area (Å²) in [4.78, 5) is 22.8. The molecule has 0 bridgehead atoms. The van der Waals surface area contributed by atoms with E-state index in [-0.39, 0.29) is 17.8 Å². The number of carbonyl (C=O) groups is 2. The van der Waals surface area contributed by atoms with Gasteiger partial charge in [-0.25, -0.2) is 4.79 Å². The molecule has 0 aromatic heterocycles. The third kappa shape index (κ3) is 3.31. The van der Waals surface area contributed by atoms with E-state index in [1.807, 2.05) is 6.07 Å². The molecule has 0 fully saturated rings.